The Bertz CT molecular complexity index is 1030. The molecule has 1 heterocycles. The van der Waals surface area contributed by atoms with E-state index in [1.807, 2.05) is 20.8 Å². The summed E-state index contributed by atoms with van der Waals surface area (Å²) in [6.45, 7) is 6.04. The van der Waals surface area contributed by atoms with E-state index in [0.29, 0.717) is 10.8 Å². The number of aryl methyl sites for hydroxylation is 3. The molecule has 25 heavy (non-hydrogen) atoms. The number of carbonyl (C=O) groups is 1. The van der Waals surface area contributed by atoms with Gasteiger partial charge in [-0.25, -0.2) is 10.5 Å². The number of aromatic nitrogens is 2. The SMILES string of the molecule is Cc1cc(C)c(/C=N\NC(=O)c2n[nH]c(=O)c3ccccc23)c(C)c1. The fourth-order valence-corrected chi connectivity index (χ4v) is 2.89. The van der Waals surface area contributed by atoms with E-state index < -0.39 is 5.91 Å². The van der Waals surface area contributed by atoms with Crippen molar-refractivity contribution >= 4 is 22.9 Å². The second kappa shape index (κ2) is 6.68. The van der Waals surface area contributed by atoms with Crippen molar-refractivity contribution in [1.29, 1.82) is 0 Å². The number of nitrogens with zero attached hydrogens (tertiary/aromatic N) is 2. The molecule has 0 spiro atoms. The molecule has 0 fully saturated rings. The number of rotatable bonds is 3. The smallest absolute Gasteiger partial charge is 0.267 e. The molecule has 0 aliphatic carbocycles. The van der Waals surface area contributed by atoms with E-state index in [2.05, 4.69) is 32.9 Å². The van der Waals surface area contributed by atoms with Crippen molar-refractivity contribution in [1.82, 2.24) is 15.6 Å². The maximum absolute atomic E-state index is 12.4. The van der Waals surface area contributed by atoms with Crippen molar-refractivity contribution < 1.29 is 4.79 Å². The number of hydrogen-bond donors (Lipinski definition) is 2. The molecule has 126 valence electrons. The van der Waals surface area contributed by atoms with Crippen LogP contribution in [-0.2, 0) is 0 Å². The van der Waals surface area contributed by atoms with Crippen LogP contribution in [0.5, 0.6) is 0 Å². The molecule has 6 nitrogen and oxygen atoms in total. The summed E-state index contributed by atoms with van der Waals surface area (Å²) in [5, 5.41) is 11.1. The van der Waals surface area contributed by atoms with Crippen LogP contribution in [0.15, 0.2) is 46.3 Å². The van der Waals surface area contributed by atoms with Gasteiger partial charge in [0.05, 0.1) is 11.6 Å². The van der Waals surface area contributed by atoms with Gasteiger partial charge in [0.25, 0.3) is 11.5 Å². The summed E-state index contributed by atoms with van der Waals surface area (Å²) in [6, 6.07) is 10.9. The number of hydrazone groups is 1. The number of hydrogen-bond acceptors (Lipinski definition) is 4. The molecule has 0 bridgehead atoms. The van der Waals surface area contributed by atoms with E-state index in [0.717, 1.165) is 16.7 Å². The zero-order chi connectivity index (χ0) is 18.0. The standard InChI is InChI=1S/C19H18N4O2/c1-11-8-12(2)16(13(3)9-11)10-20-22-19(25)17-14-6-4-5-7-15(14)18(24)23-21-17/h4-10H,1-3H3,(H,22,25)(H,23,24)/b20-10-. The van der Waals surface area contributed by atoms with Gasteiger partial charge in [0.2, 0.25) is 0 Å². The van der Waals surface area contributed by atoms with Crippen LogP contribution >= 0.6 is 0 Å². The lowest BCUT2D eigenvalue weighted by Gasteiger charge is -2.07. The van der Waals surface area contributed by atoms with Crippen LogP contribution in [0.1, 0.15) is 32.7 Å². The Morgan fingerprint density at radius 1 is 1.12 bits per heavy atom. The molecule has 0 saturated carbocycles. The summed E-state index contributed by atoms with van der Waals surface area (Å²) in [7, 11) is 0. The van der Waals surface area contributed by atoms with E-state index in [4.69, 9.17) is 0 Å². The molecule has 1 aromatic heterocycles. The quantitative estimate of drug-likeness (QED) is 0.570. The third kappa shape index (κ3) is 3.33. The van der Waals surface area contributed by atoms with Crippen LogP contribution in [0.2, 0.25) is 0 Å². The second-order valence-electron chi connectivity index (χ2n) is 5.96. The molecule has 6 heteroatoms. The molecule has 1 amide bonds. The molecule has 0 aliphatic heterocycles. The number of aromatic amines is 1. The number of nitrogens with one attached hydrogen (secondary N) is 2. The number of carbonyl (C=O) groups excluding carboxylic acids is 1. The predicted molar refractivity (Wildman–Crippen MR) is 98.1 cm³/mol. The maximum Gasteiger partial charge on any atom is 0.292 e. The van der Waals surface area contributed by atoms with Crippen LogP contribution < -0.4 is 11.0 Å². The molecule has 2 aromatic carbocycles. The molecular weight excluding hydrogens is 316 g/mol. The van der Waals surface area contributed by atoms with Crippen molar-refractivity contribution in [3.63, 3.8) is 0 Å². The van der Waals surface area contributed by atoms with Crippen molar-refractivity contribution in [2.45, 2.75) is 20.8 Å². The Labute approximate surface area is 144 Å². The van der Waals surface area contributed by atoms with E-state index in [9.17, 15) is 9.59 Å². The highest BCUT2D eigenvalue weighted by atomic mass is 16.2. The van der Waals surface area contributed by atoms with E-state index >= 15 is 0 Å². The first-order valence-electron chi connectivity index (χ1n) is 7.86. The lowest BCUT2D eigenvalue weighted by Crippen LogP contribution is -2.22. The number of benzene rings is 2. The molecule has 0 unspecified atom stereocenters. The normalized spacial score (nSPS) is 11.2. The fourth-order valence-electron chi connectivity index (χ4n) is 2.89. The van der Waals surface area contributed by atoms with Crippen LogP contribution in [0, 0.1) is 20.8 Å². The van der Waals surface area contributed by atoms with Gasteiger partial charge in [-0.1, -0.05) is 35.9 Å². The van der Waals surface area contributed by atoms with Crippen LogP contribution in [0.3, 0.4) is 0 Å². The third-order valence-corrected chi connectivity index (χ3v) is 4.01. The molecule has 0 radical (unpaired) electrons. The Hall–Kier alpha value is -3.28. The highest BCUT2D eigenvalue weighted by Gasteiger charge is 2.13. The molecule has 3 rings (SSSR count). The average molecular weight is 334 g/mol. The van der Waals surface area contributed by atoms with Gasteiger partial charge in [0.1, 0.15) is 0 Å². The Morgan fingerprint density at radius 2 is 1.76 bits per heavy atom. The maximum atomic E-state index is 12.4. The highest BCUT2D eigenvalue weighted by molar-refractivity contribution is 6.04. The minimum atomic E-state index is -0.480. The fraction of sp³-hybridized carbons (Fsp3) is 0.158. The number of fused-ring (bicyclic) bond motifs is 1. The minimum Gasteiger partial charge on any atom is -0.267 e. The number of H-pyrrole nitrogens is 1. The summed E-state index contributed by atoms with van der Waals surface area (Å²) in [4.78, 5) is 24.2. The number of amides is 1. The van der Waals surface area contributed by atoms with E-state index in [1.54, 1.807) is 30.5 Å². The summed E-state index contributed by atoms with van der Waals surface area (Å²) in [5.41, 5.74) is 6.59. The van der Waals surface area contributed by atoms with Gasteiger partial charge in [-0.15, -0.1) is 0 Å². The van der Waals surface area contributed by atoms with Crippen LogP contribution in [0.4, 0.5) is 0 Å². The highest BCUT2D eigenvalue weighted by Crippen LogP contribution is 2.14. The first-order valence-corrected chi connectivity index (χ1v) is 7.86. The van der Waals surface area contributed by atoms with E-state index in [1.165, 1.54) is 5.56 Å². The van der Waals surface area contributed by atoms with Crippen molar-refractivity contribution in [2.75, 3.05) is 0 Å². The second-order valence-corrected chi connectivity index (χ2v) is 5.96. The van der Waals surface area contributed by atoms with Gasteiger partial charge < -0.3 is 0 Å². The predicted octanol–water partition coefficient (Wildman–Crippen LogP) is 2.61. The lowest BCUT2D eigenvalue weighted by atomic mass is 10.0. The van der Waals surface area contributed by atoms with Gasteiger partial charge in [-0.05, 0) is 38.0 Å². The molecule has 3 aromatic rings. The molecule has 0 saturated heterocycles. The van der Waals surface area contributed by atoms with Crippen LogP contribution in [-0.4, -0.2) is 22.3 Å². The largest absolute Gasteiger partial charge is 0.292 e. The van der Waals surface area contributed by atoms with Crippen molar-refractivity contribution in [2.24, 2.45) is 5.10 Å². The summed E-state index contributed by atoms with van der Waals surface area (Å²) >= 11 is 0. The van der Waals surface area contributed by atoms with Gasteiger partial charge in [0, 0.05) is 10.9 Å². The van der Waals surface area contributed by atoms with Crippen molar-refractivity contribution in [3.05, 3.63) is 74.7 Å². The monoisotopic (exact) mass is 334 g/mol. The molecule has 0 atom stereocenters. The van der Waals surface area contributed by atoms with Crippen molar-refractivity contribution in [3.8, 4) is 0 Å². The lowest BCUT2D eigenvalue weighted by molar-refractivity contribution is 0.0951. The Kier molecular flexibility index (Phi) is 4.43. The average Bonchev–Trinajstić information content (AvgIpc) is 2.57. The Morgan fingerprint density at radius 3 is 2.44 bits per heavy atom. The summed E-state index contributed by atoms with van der Waals surface area (Å²) < 4.78 is 0. The summed E-state index contributed by atoms with van der Waals surface area (Å²) in [6.07, 6.45) is 1.62. The Balaban J connectivity index is 1.87. The zero-order valence-electron chi connectivity index (χ0n) is 14.3. The van der Waals surface area contributed by atoms with Crippen LogP contribution in [0.25, 0.3) is 10.8 Å². The molecule has 2 N–H and O–H groups in total. The minimum absolute atomic E-state index is 0.129. The zero-order valence-corrected chi connectivity index (χ0v) is 14.3. The van der Waals surface area contributed by atoms with E-state index in [-0.39, 0.29) is 11.3 Å². The van der Waals surface area contributed by atoms with Gasteiger partial charge in [-0.3, -0.25) is 9.59 Å². The van der Waals surface area contributed by atoms with Gasteiger partial charge in [0.15, 0.2) is 5.69 Å². The third-order valence-electron chi connectivity index (χ3n) is 4.01. The van der Waals surface area contributed by atoms with Gasteiger partial charge in [-0.2, -0.15) is 10.2 Å². The first kappa shape index (κ1) is 16.6. The first-order chi connectivity index (χ1) is 12.0. The van der Waals surface area contributed by atoms with Gasteiger partial charge >= 0.3 is 0 Å². The topological polar surface area (TPSA) is 87.2 Å². The molecular formula is C19H18N4O2. The molecule has 0 aliphatic rings. The summed E-state index contributed by atoms with van der Waals surface area (Å²) in [5.74, 6) is -0.480.